The number of pyridine rings is 1. The third-order valence-corrected chi connectivity index (χ3v) is 2.84. The van der Waals surface area contributed by atoms with Crippen molar-refractivity contribution in [2.45, 2.75) is 6.42 Å². The SMILES string of the molecule is Nc1ccc(C(=O)NCCc2cccc(Cl)c2)nc1. The summed E-state index contributed by atoms with van der Waals surface area (Å²) in [7, 11) is 0. The van der Waals surface area contributed by atoms with Crippen molar-refractivity contribution in [3.63, 3.8) is 0 Å². The molecular weight excluding hydrogens is 262 g/mol. The average molecular weight is 276 g/mol. The summed E-state index contributed by atoms with van der Waals surface area (Å²) in [5.41, 5.74) is 7.49. The summed E-state index contributed by atoms with van der Waals surface area (Å²) in [4.78, 5) is 15.7. The molecule has 2 aromatic rings. The normalized spacial score (nSPS) is 10.2. The molecule has 0 saturated carbocycles. The molecule has 1 aromatic carbocycles. The van der Waals surface area contributed by atoms with Crippen LogP contribution in [0.2, 0.25) is 5.02 Å². The number of nitrogens with zero attached hydrogens (tertiary/aromatic N) is 1. The Morgan fingerprint density at radius 3 is 2.84 bits per heavy atom. The number of rotatable bonds is 4. The number of hydrogen-bond donors (Lipinski definition) is 2. The summed E-state index contributed by atoms with van der Waals surface area (Å²) >= 11 is 5.89. The molecule has 5 heteroatoms. The Balaban J connectivity index is 1.86. The maximum absolute atomic E-state index is 11.8. The predicted octanol–water partition coefficient (Wildman–Crippen LogP) is 2.29. The summed E-state index contributed by atoms with van der Waals surface area (Å²) in [6, 6.07) is 10.8. The Morgan fingerprint density at radius 1 is 1.32 bits per heavy atom. The summed E-state index contributed by atoms with van der Waals surface area (Å²) in [6.07, 6.45) is 2.19. The van der Waals surface area contributed by atoms with E-state index >= 15 is 0 Å². The standard InChI is InChI=1S/C14H14ClN3O/c15-11-3-1-2-10(8-11)6-7-17-14(19)13-5-4-12(16)9-18-13/h1-5,8-9H,6-7,16H2,(H,17,19). The molecule has 3 N–H and O–H groups in total. The Labute approximate surface area is 116 Å². The van der Waals surface area contributed by atoms with Crippen LogP contribution in [0.3, 0.4) is 0 Å². The fourth-order valence-electron chi connectivity index (χ4n) is 1.64. The average Bonchev–Trinajstić information content (AvgIpc) is 2.39. The monoisotopic (exact) mass is 275 g/mol. The molecule has 0 spiro atoms. The van der Waals surface area contributed by atoms with Gasteiger partial charge in [0.05, 0.1) is 11.9 Å². The number of benzene rings is 1. The van der Waals surface area contributed by atoms with Gasteiger partial charge in [0.25, 0.3) is 5.91 Å². The molecule has 0 aliphatic heterocycles. The minimum atomic E-state index is -0.206. The minimum Gasteiger partial charge on any atom is -0.397 e. The first-order valence-corrected chi connectivity index (χ1v) is 6.27. The number of carbonyl (C=O) groups is 1. The van der Waals surface area contributed by atoms with Gasteiger partial charge in [-0.2, -0.15) is 0 Å². The van der Waals surface area contributed by atoms with E-state index < -0.39 is 0 Å². The Hall–Kier alpha value is -2.07. The molecule has 1 aromatic heterocycles. The number of nitrogens with one attached hydrogen (secondary N) is 1. The van der Waals surface area contributed by atoms with E-state index in [1.165, 1.54) is 6.20 Å². The van der Waals surface area contributed by atoms with Crippen LogP contribution in [0.15, 0.2) is 42.6 Å². The maximum atomic E-state index is 11.8. The largest absolute Gasteiger partial charge is 0.397 e. The van der Waals surface area contributed by atoms with Crippen molar-refractivity contribution in [1.82, 2.24) is 10.3 Å². The van der Waals surface area contributed by atoms with Gasteiger partial charge >= 0.3 is 0 Å². The predicted molar refractivity (Wildman–Crippen MR) is 76.1 cm³/mol. The van der Waals surface area contributed by atoms with Crippen molar-refractivity contribution < 1.29 is 4.79 Å². The van der Waals surface area contributed by atoms with Crippen LogP contribution in [0.5, 0.6) is 0 Å². The number of amides is 1. The number of anilines is 1. The van der Waals surface area contributed by atoms with Gasteiger partial charge in [-0.3, -0.25) is 4.79 Å². The summed E-state index contributed by atoms with van der Waals surface area (Å²) in [5.74, 6) is -0.206. The highest BCUT2D eigenvalue weighted by molar-refractivity contribution is 6.30. The lowest BCUT2D eigenvalue weighted by Crippen LogP contribution is -2.26. The fraction of sp³-hybridized carbons (Fsp3) is 0.143. The molecular formula is C14H14ClN3O. The zero-order valence-electron chi connectivity index (χ0n) is 10.3. The van der Waals surface area contributed by atoms with E-state index in [2.05, 4.69) is 10.3 Å². The third-order valence-electron chi connectivity index (χ3n) is 2.61. The Bertz CT molecular complexity index is 569. The molecule has 4 nitrogen and oxygen atoms in total. The molecule has 0 aliphatic rings. The van der Waals surface area contributed by atoms with Crippen molar-refractivity contribution in [1.29, 1.82) is 0 Å². The first-order valence-electron chi connectivity index (χ1n) is 5.89. The first-order chi connectivity index (χ1) is 9.15. The van der Waals surface area contributed by atoms with Crippen LogP contribution in [-0.2, 0) is 6.42 Å². The topological polar surface area (TPSA) is 68.0 Å². The summed E-state index contributed by atoms with van der Waals surface area (Å²) in [5, 5.41) is 3.50. The van der Waals surface area contributed by atoms with Gasteiger partial charge in [-0.05, 0) is 36.2 Å². The quantitative estimate of drug-likeness (QED) is 0.900. The molecule has 0 bridgehead atoms. The first kappa shape index (κ1) is 13.4. The number of halogens is 1. The zero-order valence-corrected chi connectivity index (χ0v) is 11.0. The number of carbonyl (C=O) groups excluding carboxylic acids is 1. The molecule has 1 amide bonds. The molecule has 0 unspecified atom stereocenters. The smallest absolute Gasteiger partial charge is 0.269 e. The van der Waals surface area contributed by atoms with Crippen LogP contribution in [0.4, 0.5) is 5.69 Å². The number of nitrogen functional groups attached to an aromatic ring is 1. The van der Waals surface area contributed by atoms with Crippen molar-refractivity contribution in [2.24, 2.45) is 0 Å². The summed E-state index contributed by atoms with van der Waals surface area (Å²) < 4.78 is 0. The third kappa shape index (κ3) is 3.96. The molecule has 0 fully saturated rings. The highest BCUT2D eigenvalue weighted by Gasteiger charge is 2.05. The van der Waals surface area contributed by atoms with Gasteiger partial charge in [0.2, 0.25) is 0 Å². The molecule has 98 valence electrons. The van der Waals surface area contributed by atoms with Crippen LogP contribution >= 0.6 is 11.6 Å². The Morgan fingerprint density at radius 2 is 2.16 bits per heavy atom. The van der Waals surface area contributed by atoms with E-state index in [1.54, 1.807) is 12.1 Å². The van der Waals surface area contributed by atoms with Crippen LogP contribution < -0.4 is 11.1 Å². The number of hydrogen-bond acceptors (Lipinski definition) is 3. The van der Waals surface area contributed by atoms with Crippen LogP contribution in [-0.4, -0.2) is 17.4 Å². The van der Waals surface area contributed by atoms with Gasteiger partial charge in [0, 0.05) is 11.6 Å². The van der Waals surface area contributed by atoms with E-state index in [4.69, 9.17) is 17.3 Å². The number of aromatic nitrogens is 1. The van der Waals surface area contributed by atoms with E-state index in [1.807, 2.05) is 24.3 Å². The molecule has 0 atom stereocenters. The molecule has 2 rings (SSSR count). The second kappa shape index (κ2) is 6.20. The minimum absolute atomic E-state index is 0.206. The van der Waals surface area contributed by atoms with E-state index in [0.717, 1.165) is 12.0 Å². The lowest BCUT2D eigenvalue weighted by atomic mass is 10.1. The number of nitrogens with two attached hydrogens (primary N) is 1. The van der Waals surface area contributed by atoms with Gasteiger partial charge in [0.15, 0.2) is 0 Å². The van der Waals surface area contributed by atoms with Crippen molar-refractivity contribution in [3.8, 4) is 0 Å². The lowest BCUT2D eigenvalue weighted by Gasteiger charge is -2.05. The van der Waals surface area contributed by atoms with E-state index in [0.29, 0.717) is 22.9 Å². The fourth-order valence-corrected chi connectivity index (χ4v) is 1.86. The zero-order chi connectivity index (χ0) is 13.7. The van der Waals surface area contributed by atoms with Gasteiger partial charge in [-0.1, -0.05) is 23.7 Å². The molecule has 19 heavy (non-hydrogen) atoms. The lowest BCUT2D eigenvalue weighted by molar-refractivity contribution is 0.0949. The molecule has 0 radical (unpaired) electrons. The van der Waals surface area contributed by atoms with Gasteiger partial charge in [-0.25, -0.2) is 4.98 Å². The van der Waals surface area contributed by atoms with Gasteiger partial charge < -0.3 is 11.1 Å². The highest BCUT2D eigenvalue weighted by atomic mass is 35.5. The van der Waals surface area contributed by atoms with Crippen LogP contribution in [0.1, 0.15) is 16.1 Å². The molecule has 0 saturated heterocycles. The molecule has 1 heterocycles. The van der Waals surface area contributed by atoms with Gasteiger partial charge in [0.1, 0.15) is 5.69 Å². The van der Waals surface area contributed by atoms with Crippen molar-refractivity contribution >= 4 is 23.2 Å². The van der Waals surface area contributed by atoms with E-state index in [-0.39, 0.29) is 5.91 Å². The van der Waals surface area contributed by atoms with E-state index in [9.17, 15) is 4.79 Å². The van der Waals surface area contributed by atoms with Crippen LogP contribution in [0, 0.1) is 0 Å². The van der Waals surface area contributed by atoms with Gasteiger partial charge in [-0.15, -0.1) is 0 Å². The second-order valence-electron chi connectivity index (χ2n) is 4.11. The second-order valence-corrected chi connectivity index (χ2v) is 4.55. The molecule has 0 aliphatic carbocycles. The van der Waals surface area contributed by atoms with Crippen LogP contribution in [0.25, 0.3) is 0 Å². The van der Waals surface area contributed by atoms with Crippen molar-refractivity contribution in [3.05, 3.63) is 58.9 Å². The summed E-state index contributed by atoms with van der Waals surface area (Å²) in [6.45, 7) is 0.533. The highest BCUT2D eigenvalue weighted by Crippen LogP contribution is 2.10. The Kier molecular flexibility index (Phi) is 4.36. The maximum Gasteiger partial charge on any atom is 0.269 e. The van der Waals surface area contributed by atoms with Crippen molar-refractivity contribution in [2.75, 3.05) is 12.3 Å².